The average Bonchev–Trinajstić information content (AvgIpc) is 3.24. The number of hydrogen-bond acceptors (Lipinski definition) is 5. The van der Waals surface area contributed by atoms with Crippen LogP contribution in [0.15, 0.2) is 18.2 Å². The average molecular weight is 356 g/mol. The van der Waals surface area contributed by atoms with E-state index in [9.17, 15) is 4.79 Å². The van der Waals surface area contributed by atoms with Gasteiger partial charge >= 0.3 is 0 Å². The summed E-state index contributed by atoms with van der Waals surface area (Å²) in [5.74, 6) is 0.136. The van der Waals surface area contributed by atoms with Gasteiger partial charge in [-0.25, -0.2) is 4.98 Å². The number of hydrogen-bond donors (Lipinski definition) is 0. The number of thiazole rings is 1. The third kappa shape index (κ3) is 3.75. The van der Waals surface area contributed by atoms with E-state index in [0.717, 1.165) is 75.5 Å². The van der Waals surface area contributed by atoms with Crippen LogP contribution in [-0.2, 0) is 19.4 Å². The largest absolute Gasteiger partial charge is 0.337 e. The Morgan fingerprint density at radius 2 is 1.92 bits per heavy atom. The molecule has 4 rings (SSSR count). The summed E-state index contributed by atoms with van der Waals surface area (Å²) < 4.78 is 0. The van der Waals surface area contributed by atoms with Crippen molar-refractivity contribution in [2.45, 2.75) is 39.2 Å². The maximum absolute atomic E-state index is 12.5. The first-order chi connectivity index (χ1) is 12.2. The van der Waals surface area contributed by atoms with Gasteiger partial charge in [-0.2, -0.15) is 0 Å². The summed E-state index contributed by atoms with van der Waals surface area (Å²) in [4.78, 5) is 27.5. The molecule has 0 spiro atoms. The molecule has 0 N–H and O–H groups in total. The molecule has 0 radical (unpaired) electrons. The first kappa shape index (κ1) is 16.7. The highest BCUT2D eigenvalue weighted by Crippen LogP contribution is 2.25. The molecule has 2 aromatic heterocycles. The standard InChI is InChI=1S/C19H24N4OS/c1-14-5-4-6-15(20-14)13-22-11-7-16-17(8-12-22)25-18(21-16)19(24)23-9-2-3-10-23/h4-6H,2-3,7-13H2,1H3. The maximum Gasteiger partial charge on any atom is 0.282 e. The first-order valence-corrected chi connectivity index (χ1v) is 9.93. The SMILES string of the molecule is Cc1cccc(CN2CCc3nc(C(=O)N4CCCC4)sc3CC2)n1. The minimum atomic E-state index is 0.136. The van der Waals surface area contributed by atoms with Crippen LogP contribution in [0, 0.1) is 6.92 Å². The number of amides is 1. The molecule has 5 nitrogen and oxygen atoms in total. The Labute approximate surface area is 152 Å². The molecule has 1 fully saturated rings. The van der Waals surface area contributed by atoms with Crippen molar-refractivity contribution in [3.8, 4) is 0 Å². The van der Waals surface area contributed by atoms with Gasteiger partial charge in [0.05, 0.1) is 11.4 Å². The molecule has 0 atom stereocenters. The lowest BCUT2D eigenvalue weighted by atomic mass is 10.2. The second-order valence-electron chi connectivity index (χ2n) is 6.93. The van der Waals surface area contributed by atoms with Gasteiger partial charge in [0.15, 0.2) is 5.01 Å². The van der Waals surface area contributed by atoms with Crippen molar-refractivity contribution in [3.05, 3.63) is 45.2 Å². The molecule has 132 valence electrons. The molecule has 6 heteroatoms. The molecule has 0 saturated carbocycles. The Kier molecular flexibility index (Phi) is 4.81. The summed E-state index contributed by atoms with van der Waals surface area (Å²) in [5.41, 5.74) is 3.33. The Morgan fingerprint density at radius 3 is 2.72 bits per heavy atom. The summed E-state index contributed by atoms with van der Waals surface area (Å²) in [6.45, 7) is 6.68. The molecule has 2 aromatic rings. The van der Waals surface area contributed by atoms with Crippen molar-refractivity contribution < 1.29 is 4.79 Å². The molecule has 1 saturated heterocycles. The van der Waals surface area contributed by atoms with E-state index in [1.165, 1.54) is 4.88 Å². The van der Waals surface area contributed by atoms with Crippen molar-refractivity contribution in [1.29, 1.82) is 0 Å². The quantitative estimate of drug-likeness (QED) is 0.848. The van der Waals surface area contributed by atoms with Gasteiger partial charge in [0, 0.05) is 49.7 Å². The third-order valence-electron chi connectivity index (χ3n) is 5.01. The lowest BCUT2D eigenvalue weighted by Crippen LogP contribution is -2.28. The molecule has 25 heavy (non-hydrogen) atoms. The normalized spacial score (nSPS) is 18.2. The van der Waals surface area contributed by atoms with Crippen LogP contribution in [-0.4, -0.2) is 51.9 Å². The lowest BCUT2D eigenvalue weighted by molar-refractivity contribution is 0.0792. The molecule has 0 aliphatic carbocycles. The number of likely N-dealkylation sites (tertiary alicyclic amines) is 1. The molecule has 4 heterocycles. The summed E-state index contributed by atoms with van der Waals surface area (Å²) in [6, 6.07) is 6.20. The second kappa shape index (κ2) is 7.22. The first-order valence-electron chi connectivity index (χ1n) is 9.12. The highest BCUT2D eigenvalue weighted by Gasteiger charge is 2.25. The zero-order chi connectivity index (χ0) is 17.2. The van der Waals surface area contributed by atoms with Gasteiger partial charge in [-0.3, -0.25) is 14.7 Å². The van der Waals surface area contributed by atoms with Crippen molar-refractivity contribution in [2.75, 3.05) is 26.2 Å². The number of carbonyl (C=O) groups is 1. The van der Waals surface area contributed by atoms with Crippen LogP contribution in [0.1, 0.15) is 44.6 Å². The molecule has 2 aliphatic heterocycles. The summed E-state index contributed by atoms with van der Waals surface area (Å²) >= 11 is 1.61. The fourth-order valence-electron chi connectivity index (χ4n) is 3.63. The third-order valence-corrected chi connectivity index (χ3v) is 6.15. The van der Waals surface area contributed by atoms with E-state index in [1.54, 1.807) is 11.3 Å². The van der Waals surface area contributed by atoms with E-state index < -0.39 is 0 Å². The monoisotopic (exact) mass is 356 g/mol. The van der Waals surface area contributed by atoms with Crippen LogP contribution < -0.4 is 0 Å². The summed E-state index contributed by atoms with van der Waals surface area (Å²) in [5, 5.41) is 0.695. The van der Waals surface area contributed by atoms with E-state index >= 15 is 0 Å². The van der Waals surface area contributed by atoms with Crippen LogP contribution in [0.2, 0.25) is 0 Å². The summed E-state index contributed by atoms with van der Waals surface area (Å²) in [6.07, 6.45) is 4.15. The Morgan fingerprint density at radius 1 is 1.12 bits per heavy atom. The van der Waals surface area contributed by atoms with Crippen LogP contribution in [0.3, 0.4) is 0 Å². The van der Waals surface area contributed by atoms with Gasteiger partial charge in [0.25, 0.3) is 5.91 Å². The fourth-order valence-corrected chi connectivity index (χ4v) is 4.70. The van der Waals surface area contributed by atoms with E-state index in [4.69, 9.17) is 4.98 Å². The van der Waals surface area contributed by atoms with E-state index in [1.807, 2.05) is 17.9 Å². The number of pyridine rings is 1. The number of rotatable bonds is 3. The minimum Gasteiger partial charge on any atom is -0.337 e. The Hall–Kier alpha value is -1.79. The number of fused-ring (bicyclic) bond motifs is 1. The number of nitrogens with zero attached hydrogens (tertiary/aromatic N) is 4. The van der Waals surface area contributed by atoms with E-state index in [2.05, 4.69) is 22.0 Å². The van der Waals surface area contributed by atoms with Crippen LogP contribution in [0.25, 0.3) is 0 Å². The highest BCUT2D eigenvalue weighted by molar-refractivity contribution is 7.13. The number of aryl methyl sites for hydroxylation is 1. The highest BCUT2D eigenvalue weighted by atomic mass is 32.1. The molecule has 0 unspecified atom stereocenters. The fraction of sp³-hybridized carbons (Fsp3) is 0.526. The van der Waals surface area contributed by atoms with E-state index in [0.29, 0.717) is 5.01 Å². The predicted octanol–water partition coefficient (Wildman–Crippen LogP) is 2.68. The van der Waals surface area contributed by atoms with Crippen molar-refractivity contribution in [2.24, 2.45) is 0 Å². The molecule has 2 aliphatic rings. The molecule has 0 bridgehead atoms. The van der Waals surface area contributed by atoms with E-state index in [-0.39, 0.29) is 5.91 Å². The van der Waals surface area contributed by atoms with Gasteiger partial charge in [0.2, 0.25) is 0 Å². The number of carbonyl (C=O) groups excluding carboxylic acids is 1. The topological polar surface area (TPSA) is 49.3 Å². The predicted molar refractivity (Wildman–Crippen MR) is 98.9 cm³/mol. The van der Waals surface area contributed by atoms with Gasteiger partial charge in [-0.05, 0) is 38.3 Å². The molecule has 1 amide bonds. The maximum atomic E-state index is 12.5. The summed E-state index contributed by atoms with van der Waals surface area (Å²) in [7, 11) is 0. The smallest absolute Gasteiger partial charge is 0.282 e. The molecule has 0 aromatic carbocycles. The van der Waals surface area contributed by atoms with Crippen LogP contribution in [0.4, 0.5) is 0 Å². The Bertz CT molecular complexity index is 741. The van der Waals surface area contributed by atoms with Gasteiger partial charge in [-0.1, -0.05) is 6.07 Å². The minimum absolute atomic E-state index is 0.136. The zero-order valence-electron chi connectivity index (χ0n) is 14.7. The van der Waals surface area contributed by atoms with Crippen molar-refractivity contribution in [3.63, 3.8) is 0 Å². The second-order valence-corrected chi connectivity index (χ2v) is 8.02. The van der Waals surface area contributed by atoms with Gasteiger partial charge < -0.3 is 4.90 Å². The number of aromatic nitrogens is 2. The Balaban J connectivity index is 1.41. The lowest BCUT2D eigenvalue weighted by Gasteiger charge is -2.19. The van der Waals surface area contributed by atoms with Crippen LogP contribution >= 0.6 is 11.3 Å². The van der Waals surface area contributed by atoms with Crippen molar-refractivity contribution in [1.82, 2.24) is 19.8 Å². The zero-order valence-corrected chi connectivity index (χ0v) is 15.5. The van der Waals surface area contributed by atoms with Gasteiger partial charge in [-0.15, -0.1) is 11.3 Å². The molecular formula is C19H24N4OS. The van der Waals surface area contributed by atoms with Crippen molar-refractivity contribution >= 4 is 17.2 Å². The molecular weight excluding hydrogens is 332 g/mol. The van der Waals surface area contributed by atoms with Gasteiger partial charge in [0.1, 0.15) is 0 Å². The van der Waals surface area contributed by atoms with Crippen LogP contribution in [0.5, 0.6) is 0 Å².